The molecule has 0 aromatic carbocycles. The molecule has 0 rings (SSSR count). The lowest BCUT2D eigenvalue weighted by molar-refractivity contribution is -0.368. The standard InChI is InChI=1S/C4H10BrN.BrH/c5-3-1-2-4-6;/h1-4,6H2;1H. The van der Waals surface area contributed by atoms with Gasteiger partial charge in [-0.05, 0) is 12.8 Å². The lowest BCUT2D eigenvalue weighted by Gasteiger charge is -1.83. The van der Waals surface area contributed by atoms with Crippen molar-refractivity contribution in [2.24, 2.45) is 0 Å². The van der Waals surface area contributed by atoms with E-state index in [0.29, 0.717) is 0 Å². The second-order valence-electron chi connectivity index (χ2n) is 1.25. The molecule has 0 spiro atoms. The Morgan fingerprint density at radius 1 is 1.29 bits per heavy atom. The van der Waals surface area contributed by atoms with Gasteiger partial charge in [0.1, 0.15) is 0 Å². The first-order valence-electron chi connectivity index (χ1n) is 2.27. The molecule has 0 saturated heterocycles. The smallest absolute Gasteiger partial charge is 0.0740 e. The Kier molecular flexibility index (Phi) is 15.5. The van der Waals surface area contributed by atoms with Gasteiger partial charge in [0.15, 0.2) is 0 Å². The van der Waals surface area contributed by atoms with Crippen LogP contribution in [0.4, 0.5) is 0 Å². The minimum absolute atomic E-state index is 0. The molecular weight excluding hydrogens is 222 g/mol. The van der Waals surface area contributed by atoms with E-state index >= 15 is 0 Å². The van der Waals surface area contributed by atoms with Crippen LogP contribution in [0.3, 0.4) is 0 Å². The van der Waals surface area contributed by atoms with E-state index in [2.05, 4.69) is 21.7 Å². The molecule has 3 heteroatoms. The summed E-state index contributed by atoms with van der Waals surface area (Å²) < 4.78 is 0. The number of hydrogen-bond donors (Lipinski definition) is 1. The number of rotatable bonds is 3. The summed E-state index contributed by atoms with van der Waals surface area (Å²) >= 11 is 3.32. The van der Waals surface area contributed by atoms with Crippen molar-refractivity contribution in [1.29, 1.82) is 0 Å². The number of hydrogen-bond acceptors (Lipinski definition) is 0. The van der Waals surface area contributed by atoms with Gasteiger partial charge < -0.3 is 22.7 Å². The maximum atomic E-state index is 3.70. The number of quaternary nitrogens is 1. The summed E-state index contributed by atoms with van der Waals surface area (Å²) in [5, 5.41) is 1.13. The molecule has 0 saturated carbocycles. The molecule has 0 heterocycles. The van der Waals surface area contributed by atoms with Gasteiger partial charge in [0, 0.05) is 5.33 Å². The molecule has 0 aliphatic heterocycles. The predicted molar refractivity (Wildman–Crippen MR) is 30.8 cm³/mol. The number of halogens is 2. The molecule has 0 aliphatic carbocycles. The van der Waals surface area contributed by atoms with Gasteiger partial charge in [-0.1, -0.05) is 15.9 Å². The molecule has 0 amide bonds. The quantitative estimate of drug-likeness (QED) is 0.409. The first kappa shape index (κ1) is 10.8. The molecule has 3 N–H and O–H groups in total. The molecule has 46 valence electrons. The highest BCUT2D eigenvalue weighted by atomic mass is 79.9. The third-order valence-electron chi connectivity index (χ3n) is 0.634. The molecule has 0 radical (unpaired) electrons. The van der Waals surface area contributed by atoms with Crippen molar-refractivity contribution in [3.63, 3.8) is 0 Å². The summed E-state index contributed by atoms with van der Waals surface area (Å²) in [6.45, 7) is 1.08. The predicted octanol–water partition coefficient (Wildman–Crippen LogP) is -2.59. The molecule has 7 heavy (non-hydrogen) atoms. The van der Waals surface area contributed by atoms with Crippen LogP contribution in [0, 0.1) is 0 Å². The van der Waals surface area contributed by atoms with E-state index in [4.69, 9.17) is 0 Å². The average molecular weight is 233 g/mol. The topological polar surface area (TPSA) is 27.6 Å². The van der Waals surface area contributed by atoms with Crippen LogP contribution in [-0.4, -0.2) is 11.9 Å². The van der Waals surface area contributed by atoms with E-state index in [1.165, 1.54) is 12.8 Å². The first-order chi connectivity index (χ1) is 2.91. The van der Waals surface area contributed by atoms with Crippen LogP contribution in [0.25, 0.3) is 0 Å². The number of alkyl halides is 1. The van der Waals surface area contributed by atoms with Crippen LogP contribution in [0.15, 0.2) is 0 Å². The Bertz CT molecular complexity index is 21.7. The van der Waals surface area contributed by atoms with Crippen molar-refractivity contribution >= 4 is 15.9 Å². The maximum absolute atomic E-state index is 3.70. The minimum Gasteiger partial charge on any atom is -1.00 e. The van der Waals surface area contributed by atoms with Gasteiger partial charge in [0.25, 0.3) is 0 Å². The van der Waals surface area contributed by atoms with E-state index in [1.54, 1.807) is 0 Å². The summed E-state index contributed by atoms with van der Waals surface area (Å²) in [5.41, 5.74) is 3.70. The van der Waals surface area contributed by atoms with Crippen LogP contribution in [0.5, 0.6) is 0 Å². The summed E-state index contributed by atoms with van der Waals surface area (Å²) in [7, 11) is 0. The summed E-state index contributed by atoms with van der Waals surface area (Å²) in [6.07, 6.45) is 2.52. The van der Waals surface area contributed by atoms with Crippen LogP contribution in [0.2, 0.25) is 0 Å². The third kappa shape index (κ3) is 10.9. The van der Waals surface area contributed by atoms with E-state index in [1.807, 2.05) is 0 Å². The minimum atomic E-state index is 0. The molecule has 0 fully saturated rings. The second kappa shape index (κ2) is 10.0. The van der Waals surface area contributed by atoms with Crippen LogP contribution in [0.1, 0.15) is 12.8 Å². The highest BCUT2D eigenvalue weighted by Crippen LogP contribution is 1.88. The van der Waals surface area contributed by atoms with Crippen molar-refractivity contribution < 1.29 is 22.7 Å². The van der Waals surface area contributed by atoms with Crippen molar-refractivity contribution in [1.82, 2.24) is 0 Å². The monoisotopic (exact) mass is 231 g/mol. The third-order valence-corrected chi connectivity index (χ3v) is 1.19. The first-order valence-corrected chi connectivity index (χ1v) is 3.39. The van der Waals surface area contributed by atoms with Crippen molar-refractivity contribution in [2.75, 3.05) is 11.9 Å². The Morgan fingerprint density at radius 3 is 2.00 bits per heavy atom. The Hall–Kier alpha value is 0.920. The molecule has 0 aromatic rings. The molecule has 1 nitrogen and oxygen atoms in total. The zero-order valence-electron chi connectivity index (χ0n) is 4.29. The average Bonchev–Trinajstić information content (AvgIpc) is 1.61. The maximum Gasteiger partial charge on any atom is 0.0740 e. The van der Waals surface area contributed by atoms with Gasteiger partial charge in [0.05, 0.1) is 6.54 Å². The highest BCUT2D eigenvalue weighted by Gasteiger charge is 1.79. The Morgan fingerprint density at radius 2 is 1.86 bits per heavy atom. The molecule has 0 bridgehead atoms. The van der Waals surface area contributed by atoms with Gasteiger partial charge in [-0.25, -0.2) is 0 Å². The number of unbranched alkanes of at least 4 members (excludes halogenated alkanes) is 1. The molecule has 0 atom stereocenters. The van der Waals surface area contributed by atoms with Crippen molar-refractivity contribution in [2.45, 2.75) is 12.8 Å². The van der Waals surface area contributed by atoms with E-state index in [9.17, 15) is 0 Å². The van der Waals surface area contributed by atoms with E-state index < -0.39 is 0 Å². The lowest BCUT2D eigenvalue weighted by Crippen LogP contribution is -3.00. The van der Waals surface area contributed by atoms with Gasteiger partial charge in [0.2, 0.25) is 0 Å². The normalized spacial score (nSPS) is 7.71. The SMILES string of the molecule is [Br-].[NH3+]CCCCBr. The molecule has 0 unspecified atom stereocenters. The largest absolute Gasteiger partial charge is 1.00 e. The van der Waals surface area contributed by atoms with Gasteiger partial charge >= 0.3 is 0 Å². The summed E-state index contributed by atoms with van der Waals surface area (Å²) in [4.78, 5) is 0. The second-order valence-corrected chi connectivity index (χ2v) is 2.04. The van der Waals surface area contributed by atoms with Gasteiger partial charge in [-0.15, -0.1) is 0 Å². The zero-order chi connectivity index (χ0) is 4.83. The van der Waals surface area contributed by atoms with Crippen LogP contribution in [-0.2, 0) is 0 Å². The molecule has 0 aliphatic rings. The summed E-state index contributed by atoms with van der Waals surface area (Å²) in [5.74, 6) is 0. The highest BCUT2D eigenvalue weighted by molar-refractivity contribution is 9.09. The Balaban J connectivity index is 0. The fraction of sp³-hybridized carbons (Fsp3) is 1.00. The van der Waals surface area contributed by atoms with Gasteiger partial charge in [-0.3, -0.25) is 0 Å². The fourth-order valence-corrected chi connectivity index (χ4v) is 0.668. The molecular formula is C4H11Br2N. The summed E-state index contributed by atoms with van der Waals surface area (Å²) in [6, 6.07) is 0. The van der Waals surface area contributed by atoms with E-state index in [-0.39, 0.29) is 17.0 Å². The van der Waals surface area contributed by atoms with Gasteiger partial charge in [-0.2, -0.15) is 0 Å². The lowest BCUT2D eigenvalue weighted by atomic mass is 10.3. The Labute approximate surface area is 63.6 Å². The molecule has 0 aromatic heterocycles. The fourth-order valence-electron chi connectivity index (χ4n) is 0.271. The van der Waals surface area contributed by atoms with Crippen LogP contribution >= 0.6 is 15.9 Å². The van der Waals surface area contributed by atoms with Crippen molar-refractivity contribution in [3.8, 4) is 0 Å². The van der Waals surface area contributed by atoms with Crippen LogP contribution < -0.4 is 22.7 Å². The zero-order valence-corrected chi connectivity index (χ0v) is 7.46. The van der Waals surface area contributed by atoms with E-state index in [0.717, 1.165) is 11.9 Å². The van der Waals surface area contributed by atoms with Crippen molar-refractivity contribution in [3.05, 3.63) is 0 Å².